The van der Waals surface area contributed by atoms with E-state index >= 15 is 0 Å². The molecule has 1 rings (SSSR count). The summed E-state index contributed by atoms with van der Waals surface area (Å²) in [6, 6.07) is 4.85. The summed E-state index contributed by atoms with van der Waals surface area (Å²) in [6.45, 7) is 5.35. The van der Waals surface area contributed by atoms with Gasteiger partial charge in [-0.15, -0.1) is 0 Å². The quantitative estimate of drug-likeness (QED) is 0.273. The first kappa shape index (κ1) is 19.3. The number of nitro groups is 1. The van der Waals surface area contributed by atoms with Gasteiger partial charge in [0, 0.05) is 6.07 Å². The molecule has 5 nitrogen and oxygen atoms in total. The van der Waals surface area contributed by atoms with Crippen LogP contribution in [-0.2, 0) is 0 Å². The molecule has 0 aromatic heterocycles. The molecule has 0 spiro atoms. The van der Waals surface area contributed by atoms with Crippen LogP contribution < -0.4 is 9.47 Å². The lowest BCUT2D eigenvalue weighted by molar-refractivity contribution is -0.386. The van der Waals surface area contributed by atoms with Crippen LogP contribution >= 0.6 is 0 Å². The van der Waals surface area contributed by atoms with Gasteiger partial charge in [0.25, 0.3) is 0 Å². The van der Waals surface area contributed by atoms with Crippen molar-refractivity contribution >= 4 is 5.69 Å². The second-order valence-corrected chi connectivity index (χ2v) is 5.68. The number of hydrogen-bond donors (Lipinski definition) is 0. The van der Waals surface area contributed by atoms with Crippen molar-refractivity contribution in [3.63, 3.8) is 0 Å². The van der Waals surface area contributed by atoms with Crippen molar-refractivity contribution in [1.82, 2.24) is 0 Å². The van der Waals surface area contributed by atoms with Gasteiger partial charge in [0.1, 0.15) is 0 Å². The lowest BCUT2D eigenvalue weighted by Crippen LogP contribution is -2.05. The Balaban J connectivity index is 2.63. The zero-order valence-electron chi connectivity index (χ0n) is 14.4. The van der Waals surface area contributed by atoms with Crippen molar-refractivity contribution in [2.24, 2.45) is 0 Å². The third kappa shape index (κ3) is 7.35. The molecule has 0 N–H and O–H groups in total. The normalized spacial score (nSPS) is 10.5. The van der Waals surface area contributed by atoms with Crippen LogP contribution in [0.25, 0.3) is 0 Å². The van der Waals surface area contributed by atoms with Crippen molar-refractivity contribution in [3.05, 3.63) is 28.3 Å². The topological polar surface area (TPSA) is 61.6 Å². The Morgan fingerprint density at radius 3 is 2.09 bits per heavy atom. The van der Waals surface area contributed by atoms with E-state index in [1.54, 1.807) is 12.1 Å². The van der Waals surface area contributed by atoms with Gasteiger partial charge in [0.15, 0.2) is 5.75 Å². The van der Waals surface area contributed by atoms with Gasteiger partial charge in [-0.1, -0.05) is 58.4 Å². The van der Waals surface area contributed by atoms with E-state index in [2.05, 4.69) is 13.8 Å². The third-order valence-corrected chi connectivity index (χ3v) is 3.65. The summed E-state index contributed by atoms with van der Waals surface area (Å²) in [5, 5.41) is 11.2. The van der Waals surface area contributed by atoms with Gasteiger partial charge in [-0.05, 0) is 18.9 Å². The lowest BCUT2D eigenvalue weighted by Gasteiger charge is -2.13. The fourth-order valence-electron chi connectivity index (χ4n) is 2.32. The first-order valence-corrected chi connectivity index (χ1v) is 8.73. The van der Waals surface area contributed by atoms with Crippen LogP contribution in [0.3, 0.4) is 0 Å². The van der Waals surface area contributed by atoms with E-state index < -0.39 is 4.92 Å². The van der Waals surface area contributed by atoms with Crippen molar-refractivity contribution < 1.29 is 14.4 Å². The molecule has 0 radical (unpaired) electrons. The Hall–Kier alpha value is -1.78. The molecule has 0 heterocycles. The molecule has 1 aromatic rings. The number of nitrogens with zero attached hydrogens (tertiary/aromatic N) is 1. The molecule has 0 amide bonds. The highest BCUT2D eigenvalue weighted by Crippen LogP contribution is 2.37. The molecule has 0 aliphatic heterocycles. The molecule has 23 heavy (non-hydrogen) atoms. The SMILES string of the molecule is CCCCCCOc1cccc([N+](=O)[O-])c1OCCCCCC. The van der Waals surface area contributed by atoms with Crippen molar-refractivity contribution in [3.8, 4) is 11.5 Å². The monoisotopic (exact) mass is 323 g/mol. The lowest BCUT2D eigenvalue weighted by atomic mass is 10.2. The zero-order valence-corrected chi connectivity index (χ0v) is 14.4. The average molecular weight is 323 g/mol. The molecule has 130 valence electrons. The molecular weight excluding hydrogens is 294 g/mol. The molecule has 0 unspecified atom stereocenters. The largest absolute Gasteiger partial charge is 0.489 e. The Labute approximate surface area is 139 Å². The Kier molecular flexibility index (Phi) is 9.84. The van der Waals surface area contributed by atoms with Gasteiger partial charge >= 0.3 is 5.69 Å². The van der Waals surface area contributed by atoms with Crippen LogP contribution in [0, 0.1) is 10.1 Å². The predicted octanol–water partition coefficient (Wildman–Crippen LogP) is 5.51. The number of ether oxygens (including phenoxy) is 2. The third-order valence-electron chi connectivity index (χ3n) is 3.65. The second-order valence-electron chi connectivity index (χ2n) is 5.68. The van der Waals surface area contributed by atoms with E-state index in [0.717, 1.165) is 38.5 Å². The zero-order chi connectivity index (χ0) is 16.9. The van der Waals surface area contributed by atoms with Crippen LogP contribution in [0.4, 0.5) is 5.69 Å². The molecule has 0 saturated heterocycles. The Morgan fingerprint density at radius 2 is 1.52 bits per heavy atom. The van der Waals surface area contributed by atoms with Gasteiger partial charge in [-0.25, -0.2) is 0 Å². The van der Waals surface area contributed by atoms with Crippen molar-refractivity contribution in [1.29, 1.82) is 0 Å². The van der Waals surface area contributed by atoms with E-state index in [4.69, 9.17) is 9.47 Å². The first-order chi connectivity index (χ1) is 11.2. The van der Waals surface area contributed by atoms with Crippen LogP contribution in [0.2, 0.25) is 0 Å². The summed E-state index contributed by atoms with van der Waals surface area (Å²) in [6.07, 6.45) is 8.69. The van der Waals surface area contributed by atoms with Crippen molar-refractivity contribution in [2.75, 3.05) is 13.2 Å². The minimum Gasteiger partial charge on any atom is -0.489 e. The number of hydrogen-bond acceptors (Lipinski definition) is 4. The summed E-state index contributed by atoms with van der Waals surface area (Å²) in [5.41, 5.74) is -0.0217. The maximum absolute atomic E-state index is 11.2. The molecule has 0 fully saturated rings. The maximum atomic E-state index is 11.2. The molecule has 5 heteroatoms. The van der Waals surface area contributed by atoms with Gasteiger partial charge < -0.3 is 9.47 Å². The van der Waals surface area contributed by atoms with Gasteiger partial charge in [0.2, 0.25) is 5.75 Å². The highest BCUT2D eigenvalue weighted by atomic mass is 16.6. The molecule has 0 aliphatic rings. The Morgan fingerprint density at radius 1 is 0.913 bits per heavy atom. The highest BCUT2D eigenvalue weighted by Gasteiger charge is 2.20. The molecule has 1 aromatic carbocycles. The summed E-state index contributed by atoms with van der Waals surface area (Å²) in [4.78, 5) is 10.8. The van der Waals surface area contributed by atoms with Crippen LogP contribution in [0.1, 0.15) is 65.2 Å². The number of nitro benzene ring substituents is 1. The maximum Gasteiger partial charge on any atom is 0.314 e. The summed E-state index contributed by atoms with van der Waals surface area (Å²) in [7, 11) is 0. The van der Waals surface area contributed by atoms with Gasteiger partial charge in [-0.2, -0.15) is 0 Å². The van der Waals surface area contributed by atoms with E-state index in [1.165, 1.54) is 18.9 Å². The molecule has 0 aliphatic carbocycles. The number of unbranched alkanes of at least 4 members (excludes halogenated alkanes) is 6. The molecule has 0 bridgehead atoms. The summed E-state index contributed by atoms with van der Waals surface area (Å²) >= 11 is 0. The van der Waals surface area contributed by atoms with E-state index in [0.29, 0.717) is 19.0 Å². The minimum atomic E-state index is -0.411. The summed E-state index contributed by atoms with van der Waals surface area (Å²) in [5.74, 6) is 0.746. The molecular formula is C18H29NO4. The standard InChI is InChI=1S/C18H29NO4/c1-3-5-7-9-14-22-17-13-11-12-16(19(20)21)18(17)23-15-10-8-6-4-2/h11-13H,3-10,14-15H2,1-2H3. The predicted molar refractivity (Wildman–Crippen MR) is 92.4 cm³/mol. The highest BCUT2D eigenvalue weighted by molar-refractivity contribution is 5.55. The van der Waals surface area contributed by atoms with E-state index in [9.17, 15) is 10.1 Å². The van der Waals surface area contributed by atoms with Crippen LogP contribution in [-0.4, -0.2) is 18.1 Å². The number of benzene rings is 1. The van der Waals surface area contributed by atoms with E-state index in [-0.39, 0.29) is 11.4 Å². The minimum absolute atomic E-state index is 0.0217. The fourth-order valence-corrected chi connectivity index (χ4v) is 2.32. The van der Waals surface area contributed by atoms with Gasteiger partial charge in [-0.3, -0.25) is 10.1 Å². The van der Waals surface area contributed by atoms with Gasteiger partial charge in [0.05, 0.1) is 18.1 Å². The van der Waals surface area contributed by atoms with E-state index in [1.807, 2.05) is 0 Å². The van der Waals surface area contributed by atoms with Crippen LogP contribution in [0.5, 0.6) is 11.5 Å². The first-order valence-electron chi connectivity index (χ1n) is 8.73. The second kappa shape index (κ2) is 11.7. The smallest absolute Gasteiger partial charge is 0.314 e. The summed E-state index contributed by atoms with van der Waals surface area (Å²) < 4.78 is 11.4. The molecule has 0 saturated carbocycles. The Bertz CT molecular complexity index is 462. The fraction of sp³-hybridized carbons (Fsp3) is 0.667. The van der Waals surface area contributed by atoms with Crippen LogP contribution in [0.15, 0.2) is 18.2 Å². The number of rotatable bonds is 13. The molecule has 0 atom stereocenters. The number of para-hydroxylation sites is 1. The average Bonchev–Trinajstić information content (AvgIpc) is 2.55. The van der Waals surface area contributed by atoms with Crippen molar-refractivity contribution in [2.45, 2.75) is 65.2 Å².